The van der Waals surface area contributed by atoms with Gasteiger partial charge in [0.25, 0.3) is 5.91 Å². The summed E-state index contributed by atoms with van der Waals surface area (Å²) in [5.41, 5.74) is 0.851. The smallest absolute Gasteiger partial charge is 0.434 e. The van der Waals surface area contributed by atoms with Crippen LogP contribution in [0.2, 0.25) is 5.02 Å². The largest absolute Gasteiger partial charge is 0.513 e. The molecule has 1 unspecified atom stereocenters. The Hall–Kier alpha value is -2.26. The minimum Gasteiger partial charge on any atom is -0.434 e. The number of thiophene rings is 1. The molecule has 9 heteroatoms. The Morgan fingerprint density at radius 3 is 2.61 bits per heavy atom. The highest BCUT2D eigenvalue weighted by molar-refractivity contribution is 9.10. The number of rotatable bonds is 6. The molecule has 4 rings (SSSR count). The van der Waals surface area contributed by atoms with Gasteiger partial charge in [0.05, 0.1) is 17.2 Å². The lowest BCUT2D eigenvalue weighted by atomic mass is 9.79. The van der Waals surface area contributed by atoms with E-state index in [9.17, 15) is 9.59 Å². The summed E-state index contributed by atoms with van der Waals surface area (Å²) in [5, 5.41) is 7.63. The molecule has 170 valence electrons. The molecule has 0 aliphatic carbocycles. The highest BCUT2D eigenvalue weighted by Crippen LogP contribution is 2.45. The maximum absolute atomic E-state index is 13.5. The van der Waals surface area contributed by atoms with Crippen molar-refractivity contribution in [3.8, 4) is 0 Å². The summed E-state index contributed by atoms with van der Waals surface area (Å²) in [6.07, 6.45) is -0.627. The number of hydrogen-bond acceptors (Lipinski definition) is 6. The predicted molar refractivity (Wildman–Crippen MR) is 134 cm³/mol. The van der Waals surface area contributed by atoms with E-state index in [1.54, 1.807) is 13.0 Å². The van der Waals surface area contributed by atoms with Gasteiger partial charge in [0, 0.05) is 15.8 Å². The average Bonchev–Trinajstić information content (AvgIpc) is 3.33. The molecule has 5 nitrogen and oxygen atoms in total. The molecule has 1 aromatic heterocycles. The molecule has 2 heterocycles. The van der Waals surface area contributed by atoms with Gasteiger partial charge in [-0.3, -0.25) is 4.79 Å². The summed E-state index contributed by atoms with van der Waals surface area (Å²) in [4.78, 5) is 26.8. The molecule has 0 saturated heterocycles. The van der Waals surface area contributed by atoms with Crippen molar-refractivity contribution in [2.45, 2.75) is 23.8 Å². The van der Waals surface area contributed by atoms with Crippen molar-refractivity contribution in [3.05, 3.63) is 96.6 Å². The fourth-order valence-electron chi connectivity index (χ4n) is 3.57. The molecule has 0 fully saturated rings. The molecule has 1 aliphatic heterocycles. The normalized spacial score (nSPS) is 18.1. The van der Waals surface area contributed by atoms with E-state index < -0.39 is 11.7 Å². The topological polar surface area (TPSA) is 64.6 Å². The zero-order chi connectivity index (χ0) is 23.4. The second-order valence-corrected chi connectivity index (χ2v) is 10.3. The molecule has 1 amide bonds. The minimum atomic E-state index is -0.913. The van der Waals surface area contributed by atoms with Gasteiger partial charge in [-0.2, -0.15) is 11.3 Å². The second kappa shape index (κ2) is 10.3. The molecule has 3 aromatic rings. The van der Waals surface area contributed by atoms with Gasteiger partial charge >= 0.3 is 6.16 Å². The lowest BCUT2D eigenvalue weighted by Crippen LogP contribution is -2.50. The third-order valence-corrected chi connectivity index (χ3v) is 7.93. The van der Waals surface area contributed by atoms with Crippen molar-refractivity contribution in [2.24, 2.45) is 0 Å². The second-order valence-electron chi connectivity index (χ2n) is 7.13. The highest BCUT2D eigenvalue weighted by atomic mass is 79.9. The molecule has 33 heavy (non-hydrogen) atoms. The Bertz CT molecular complexity index is 1200. The van der Waals surface area contributed by atoms with Gasteiger partial charge in [-0.1, -0.05) is 63.6 Å². The predicted octanol–water partition coefficient (Wildman–Crippen LogP) is 7.10. The van der Waals surface area contributed by atoms with Crippen LogP contribution in [0.4, 0.5) is 4.79 Å². The van der Waals surface area contributed by atoms with E-state index in [1.807, 2.05) is 59.3 Å². The lowest BCUT2D eigenvalue weighted by Gasteiger charge is -2.39. The Balaban J connectivity index is 1.83. The van der Waals surface area contributed by atoms with Gasteiger partial charge in [0.1, 0.15) is 10.7 Å². The van der Waals surface area contributed by atoms with Crippen molar-refractivity contribution in [3.63, 3.8) is 0 Å². The summed E-state index contributed by atoms with van der Waals surface area (Å²) in [7, 11) is 0. The number of amides is 1. The zero-order valence-electron chi connectivity index (χ0n) is 17.5. The number of halogens is 2. The lowest BCUT2D eigenvalue weighted by molar-refractivity contribution is -0.119. The average molecular weight is 565 g/mol. The Morgan fingerprint density at radius 1 is 1.18 bits per heavy atom. The van der Waals surface area contributed by atoms with E-state index in [2.05, 4.69) is 21.2 Å². The molecule has 1 N–H and O–H groups in total. The SMILES string of the molecule is CCOC(=O)OC1=C(Sc2ccccc2Cl)C(=O)NC(c2ccc(Br)cc2)(c2ccsc2)C1. The van der Waals surface area contributed by atoms with Crippen molar-refractivity contribution in [1.29, 1.82) is 0 Å². The van der Waals surface area contributed by atoms with Crippen LogP contribution in [0.1, 0.15) is 24.5 Å². The van der Waals surface area contributed by atoms with Crippen molar-refractivity contribution >= 4 is 62.7 Å². The monoisotopic (exact) mass is 563 g/mol. The number of benzene rings is 2. The van der Waals surface area contributed by atoms with Crippen molar-refractivity contribution in [1.82, 2.24) is 5.32 Å². The molecule has 0 spiro atoms. The van der Waals surface area contributed by atoms with E-state index in [0.717, 1.165) is 27.4 Å². The van der Waals surface area contributed by atoms with Gasteiger partial charge in [-0.25, -0.2) is 4.79 Å². The number of carbonyl (C=O) groups excluding carboxylic acids is 2. The first-order valence-corrected chi connectivity index (χ1v) is 13.0. The van der Waals surface area contributed by atoms with Crippen LogP contribution in [0.5, 0.6) is 0 Å². The number of carbonyl (C=O) groups is 2. The van der Waals surface area contributed by atoms with Crippen LogP contribution in [0.25, 0.3) is 0 Å². The highest BCUT2D eigenvalue weighted by Gasteiger charge is 2.44. The van der Waals surface area contributed by atoms with Crippen LogP contribution >= 0.6 is 50.6 Å². The first-order valence-electron chi connectivity index (χ1n) is 10.0. The fourth-order valence-corrected chi connectivity index (χ4v) is 5.72. The van der Waals surface area contributed by atoms with Gasteiger partial charge in [-0.15, -0.1) is 0 Å². The quantitative estimate of drug-likeness (QED) is 0.323. The summed E-state index contributed by atoms with van der Waals surface area (Å²) < 4.78 is 11.5. The summed E-state index contributed by atoms with van der Waals surface area (Å²) >= 11 is 12.5. The number of hydrogen-bond donors (Lipinski definition) is 1. The number of ether oxygens (including phenoxy) is 2. The van der Waals surface area contributed by atoms with Crippen LogP contribution in [-0.2, 0) is 19.8 Å². The number of nitrogens with one attached hydrogen (secondary N) is 1. The first kappa shape index (κ1) is 23.9. The minimum absolute atomic E-state index is 0.160. The van der Waals surface area contributed by atoms with Gasteiger partial charge < -0.3 is 14.8 Å². The van der Waals surface area contributed by atoms with E-state index in [4.69, 9.17) is 21.1 Å². The Labute approximate surface area is 213 Å². The Morgan fingerprint density at radius 2 is 1.94 bits per heavy atom. The standard InChI is InChI=1S/C24H19BrClNO4S2/c1-2-30-23(29)31-19-13-24(16-11-12-32-14-16,15-7-9-17(25)10-8-15)27-22(28)21(19)33-20-6-4-3-5-18(20)26/h3-12,14H,2,13H2,1H3,(H,27,28). The van der Waals surface area contributed by atoms with E-state index >= 15 is 0 Å². The van der Waals surface area contributed by atoms with E-state index in [0.29, 0.717) is 9.92 Å². The maximum atomic E-state index is 13.5. The van der Waals surface area contributed by atoms with Crippen LogP contribution in [0.3, 0.4) is 0 Å². The molecular weight excluding hydrogens is 546 g/mol. The van der Waals surface area contributed by atoms with Crippen LogP contribution < -0.4 is 5.32 Å². The van der Waals surface area contributed by atoms with Crippen molar-refractivity contribution < 1.29 is 19.1 Å². The third-order valence-electron chi connectivity index (χ3n) is 5.08. The molecule has 2 aromatic carbocycles. The first-order chi connectivity index (χ1) is 15.9. The molecule has 1 aliphatic rings. The molecule has 1 atom stereocenters. The summed E-state index contributed by atoms with van der Waals surface area (Å²) in [6, 6.07) is 16.9. The van der Waals surface area contributed by atoms with Gasteiger partial charge in [-0.05, 0) is 59.1 Å². The van der Waals surface area contributed by atoms with E-state index in [-0.39, 0.29) is 29.6 Å². The molecule has 0 radical (unpaired) electrons. The third kappa shape index (κ3) is 5.14. The van der Waals surface area contributed by atoms with E-state index in [1.165, 1.54) is 11.3 Å². The summed E-state index contributed by atoms with van der Waals surface area (Å²) in [6.45, 7) is 1.85. The van der Waals surface area contributed by atoms with Crippen LogP contribution in [-0.4, -0.2) is 18.7 Å². The van der Waals surface area contributed by atoms with Gasteiger partial charge in [0.15, 0.2) is 0 Å². The van der Waals surface area contributed by atoms with Crippen LogP contribution in [0, 0.1) is 0 Å². The fraction of sp³-hybridized carbons (Fsp3) is 0.167. The van der Waals surface area contributed by atoms with Crippen LogP contribution in [0.15, 0.2) is 85.4 Å². The molecular formula is C24H19BrClNO4S2. The zero-order valence-corrected chi connectivity index (χ0v) is 21.4. The van der Waals surface area contributed by atoms with Gasteiger partial charge in [0.2, 0.25) is 0 Å². The maximum Gasteiger partial charge on any atom is 0.513 e. The summed E-state index contributed by atoms with van der Waals surface area (Å²) in [5.74, 6) is -0.129. The molecule has 0 saturated carbocycles. The Kier molecular flexibility index (Phi) is 7.48. The van der Waals surface area contributed by atoms with Crippen molar-refractivity contribution in [2.75, 3.05) is 6.61 Å². The molecule has 0 bridgehead atoms. The number of thioether (sulfide) groups is 1.